The summed E-state index contributed by atoms with van der Waals surface area (Å²) < 4.78 is 14.5. The largest absolute Gasteiger partial charge is 0.490 e. The molecule has 0 aliphatic rings. The smallest absolute Gasteiger partial charge is 0.146 e. The molecule has 0 aliphatic carbocycles. The Morgan fingerprint density at radius 2 is 1.72 bits per heavy atom. The van der Waals surface area contributed by atoms with E-state index in [4.69, 9.17) is 9.15 Å². The van der Waals surface area contributed by atoms with Gasteiger partial charge in [0.2, 0.25) is 0 Å². The molecule has 3 aromatic rings. The molecule has 0 radical (unpaired) electrons. The average molecular weight is 617 g/mol. The second-order valence-electron chi connectivity index (χ2n) is 7.18. The van der Waals surface area contributed by atoms with Crippen molar-refractivity contribution in [2.45, 2.75) is 40.0 Å². The number of halogens is 2. The van der Waals surface area contributed by atoms with Gasteiger partial charge < -0.3 is 14.1 Å². The van der Waals surface area contributed by atoms with Crippen molar-refractivity contribution in [1.29, 1.82) is 0 Å². The highest BCUT2D eigenvalue weighted by molar-refractivity contribution is 14.1. The molecule has 5 heteroatoms. The van der Waals surface area contributed by atoms with E-state index < -0.39 is 0 Å². The highest BCUT2D eigenvalue weighted by atomic mass is 127. The first-order valence-electron chi connectivity index (χ1n) is 10.4. The number of ether oxygens (including phenoxy) is 1. The lowest BCUT2D eigenvalue weighted by molar-refractivity contribution is 0.221. The monoisotopic (exact) mass is 617 g/mol. The van der Waals surface area contributed by atoms with Crippen LogP contribution in [0.4, 0.5) is 0 Å². The third-order valence-corrected chi connectivity index (χ3v) is 6.85. The lowest BCUT2D eigenvalue weighted by atomic mass is 10.0. The lowest BCUT2D eigenvalue weighted by Crippen LogP contribution is -2.28. The Labute approximate surface area is 201 Å². The van der Waals surface area contributed by atoms with Gasteiger partial charge in [0.05, 0.1) is 7.14 Å². The van der Waals surface area contributed by atoms with Crippen LogP contribution in [0.25, 0.3) is 22.1 Å². The minimum absolute atomic E-state index is 0.713. The Balaban J connectivity index is 1.85. The molecule has 0 aliphatic heterocycles. The summed E-state index contributed by atoms with van der Waals surface area (Å²) in [4.78, 5) is 2.38. The van der Waals surface area contributed by atoms with Crippen molar-refractivity contribution in [1.82, 2.24) is 4.90 Å². The topological polar surface area (TPSA) is 25.6 Å². The maximum absolute atomic E-state index is 6.15. The molecule has 0 bridgehead atoms. The molecule has 0 saturated heterocycles. The third-order valence-electron chi connectivity index (χ3n) is 5.25. The molecule has 0 fully saturated rings. The van der Waals surface area contributed by atoms with Gasteiger partial charge in [-0.1, -0.05) is 39.3 Å². The molecule has 29 heavy (non-hydrogen) atoms. The van der Waals surface area contributed by atoms with Gasteiger partial charge in [-0.25, -0.2) is 0 Å². The summed E-state index contributed by atoms with van der Waals surface area (Å²) in [5.41, 5.74) is 3.40. The Bertz CT molecular complexity index is 924. The number of likely N-dealkylation sites (N-methyl/N-ethyl adjacent to an activating group) is 1. The molecule has 1 heterocycles. The number of nitrogens with zero attached hydrogens (tertiary/aromatic N) is 1. The van der Waals surface area contributed by atoms with Crippen LogP contribution < -0.4 is 4.74 Å². The Kier molecular flexibility index (Phi) is 8.68. The second-order valence-corrected chi connectivity index (χ2v) is 9.50. The number of hydrogen-bond acceptors (Lipinski definition) is 3. The standard InChI is InChI=1S/C24H29I2NO2/c1-4-7-9-18-16-20-19(10-8-11-23(20)29-18)17-14-21(25)24(22(26)15-17)28-13-12-27(5-2)6-3/h8,10-11,14-16H,4-7,9,12-13H2,1-3H3. The van der Waals surface area contributed by atoms with Crippen molar-refractivity contribution in [2.75, 3.05) is 26.2 Å². The van der Waals surface area contributed by atoms with Gasteiger partial charge in [-0.2, -0.15) is 0 Å². The number of aryl methyl sites for hydroxylation is 1. The molecular formula is C24H29I2NO2. The lowest BCUT2D eigenvalue weighted by Gasteiger charge is -2.19. The van der Waals surface area contributed by atoms with Crippen LogP contribution in [0.3, 0.4) is 0 Å². The molecule has 0 atom stereocenters. The third kappa shape index (κ3) is 5.67. The number of furan rings is 1. The molecule has 2 aromatic carbocycles. The maximum Gasteiger partial charge on any atom is 0.146 e. The molecule has 156 valence electrons. The Morgan fingerprint density at radius 1 is 1.00 bits per heavy atom. The first-order chi connectivity index (χ1) is 14.1. The van der Waals surface area contributed by atoms with E-state index in [1.807, 2.05) is 0 Å². The Morgan fingerprint density at radius 3 is 2.38 bits per heavy atom. The van der Waals surface area contributed by atoms with Gasteiger partial charge in [-0.3, -0.25) is 0 Å². The normalized spacial score (nSPS) is 11.5. The van der Waals surface area contributed by atoms with E-state index >= 15 is 0 Å². The highest BCUT2D eigenvalue weighted by Crippen LogP contribution is 2.37. The van der Waals surface area contributed by atoms with Gasteiger partial charge in [-0.15, -0.1) is 0 Å². The van der Waals surface area contributed by atoms with Crippen LogP contribution in [-0.2, 0) is 6.42 Å². The molecule has 3 rings (SSSR count). The fourth-order valence-corrected chi connectivity index (χ4v) is 5.59. The summed E-state index contributed by atoms with van der Waals surface area (Å²) in [7, 11) is 0. The van der Waals surface area contributed by atoms with Crippen molar-refractivity contribution in [3.8, 4) is 16.9 Å². The van der Waals surface area contributed by atoms with Crippen LogP contribution in [0, 0.1) is 7.14 Å². The zero-order valence-corrected chi connectivity index (χ0v) is 21.7. The molecule has 0 unspecified atom stereocenters. The van der Waals surface area contributed by atoms with Crippen molar-refractivity contribution >= 4 is 56.2 Å². The molecule has 1 aromatic heterocycles. The maximum atomic E-state index is 6.15. The zero-order chi connectivity index (χ0) is 20.8. The second kappa shape index (κ2) is 11.0. The van der Waals surface area contributed by atoms with Gasteiger partial charge in [0.15, 0.2) is 0 Å². The van der Waals surface area contributed by atoms with E-state index in [0.717, 1.165) is 56.7 Å². The fraction of sp³-hybridized carbons (Fsp3) is 0.417. The summed E-state index contributed by atoms with van der Waals surface area (Å²) >= 11 is 4.79. The van der Waals surface area contributed by atoms with Crippen molar-refractivity contribution in [3.63, 3.8) is 0 Å². The van der Waals surface area contributed by atoms with Crippen LogP contribution in [0.5, 0.6) is 5.75 Å². The average Bonchev–Trinajstić information content (AvgIpc) is 3.14. The molecule has 3 nitrogen and oxygen atoms in total. The summed E-state index contributed by atoms with van der Waals surface area (Å²) in [6.45, 7) is 10.4. The molecule has 0 N–H and O–H groups in total. The van der Waals surface area contributed by atoms with E-state index in [-0.39, 0.29) is 0 Å². The van der Waals surface area contributed by atoms with Gasteiger partial charge in [0.1, 0.15) is 23.7 Å². The van der Waals surface area contributed by atoms with Crippen molar-refractivity contribution < 1.29 is 9.15 Å². The number of fused-ring (bicyclic) bond motifs is 1. The van der Waals surface area contributed by atoms with E-state index in [0.29, 0.717) is 6.61 Å². The molecule has 0 saturated carbocycles. The first-order valence-corrected chi connectivity index (χ1v) is 12.6. The van der Waals surface area contributed by atoms with Crippen LogP contribution in [0.1, 0.15) is 39.4 Å². The molecular weight excluding hydrogens is 588 g/mol. The fourth-order valence-electron chi connectivity index (χ4n) is 3.51. The molecule has 0 spiro atoms. The summed E-state index contributed by atoms with van der Waals surface area (Å²) in [6, 6.07) is 13.0. The van der Waals surface area contributed by atoms with Gasteiger partial charge in [0.25, 0.3) is 0 Å². The first kappa shape index (κ1) is 22.9. The SMILES string of the molecule is CCCCc1cc2c(-c3cc(I)c(OCCN(CC)CC)c(I)c3)cccc2o1. The van der Waals surface area contributed by atoms with Crippen molar-refractivity contribution in [2.24, 2.45) is 0 Å². The van der Waals surface area contributed by atoms with E-state index in [1.165, 1.54) is 22.9 Å². The van der Waals surface area contributed by atoms with Crippen LogP contribution in [-0.4, -0.2) is 31.1 Å². The number of unbranched alkanes of at least 4 members (excludes halogenated alkanes) is 1. The zero-order valence-electron chi connectivity index (χ0n) is 17.4. The summed E-state index contributed by atoms with van der Waals surface area (Å²) in [5.74, 6) is 2.07. The van der Waals surface area contributed by atoms with Crippen molar-refractivity contribution in [3.05, 3.63) is 49.3 Å². The van der Waals surface area contributed by atoms with Crippen LogP contribution in [0.2, 0.25) is 0 Å². The highest BCUT2D eigenvalue weighted by Gasteiger charge is 2.14. The van der Waals surface area contributed by atoms with Crippen LogP contribution >= 0.6 is 45.2 Å². The quantitative estimate of drug-likeness (QED) is 0.222. The summed E-state index contributed by atoms with van der Waals surface area (Å²) in [6.07, 6.45) is 3.33. The number of rotatable bonds is 10. The minimum Gasteiger partial charge on any atom is -0.490 e. The van der Waals surface area contributed by atoms with Crippen LogP contribution in [0.15, 0.2) is 40.8 Å². The number of hydrogen-bond donors (Lipinski definition) is 0. The van der Waals surface area contributed by atoms with Gasteiger partial charge in [-0.05, 0) is 100 Å². The Hall–Kier alpha value is -0.800. The molecule has 0 amide bonds. The van der Waals surface area contributed by atoms with E-state index in [1.54, 1.807) is 0 Å². The van der Waals surface area contributed by atoms with Gasteiger partial charge in [0, 0.05) is 18.4 Å². The van der Waals surface area contributed by atoms with Gasteiger partial charge >= 0.3 is 0 Å². The predicted octanol–water partition coefficient (Wildman–Crippen LogP) is 7.37. The van der Waals surface area contributed by atoms with E-state index in [9.17, 15) is 0 Å². The number of benzene rings is 2. The van der Waals surface area contributed by atoms with E-state index in [2.05, 4.69) is 107 Å². The minimum atomic E-state index is 0.713. The summed E-state index contributed by atoms with van der Waals surface area (Å²) in [5, 5.41) is 1.19. The predicted molar refractivity (Wildman–Crippen MR) is 139 cm³/mol.